The predicted molar refractivity (Wildman–Crippen MR) is 104 cm³/mol. The Bertz CT molecular complexity index is 886. The van der Waals surface area contributed by atoms with Crippen LogP contribution in [0, 0.1) is 0 Å². The van der Waals surface area contributed by atoms with E-state index in [4.69, 9.17) is 34.8 Å². The van der Waals surface area contributed by atoms with Crippen molar-refractivity contribution >= 4 is 69.5 Å². The first-order chi connectivity index (χ1) is 12.0. The third-order valence-electron chi connectivity index (χ3n) is 3.43. The second kappa shape index (κ2) is 7.70. The Kier molecular flexibility index (Phi) is 5.59. The molecule has 1 aliphatic heterocycles. The van der Waals surface area contributed by atoms with Crippen LogP contribution in [0.5, 0.6) is 0 Å². The van der Waals surface area contributed by atoms with E-state index >= 15 is 0 Å². The molecule has 0 aromatic heterocycles. The number of carbonyl (C=O) groups excluding carboxylic acids is 2. The summed E-state index contributed by atoms with van der Waals surface area (Å²) in [5.74, 6) is -0.373. The highest BCUT2D eigenvalue weighted by Crippen LogP contribution is 2.33. The van der Waals surface area contributed by atoms with Crippen molar-refractivity contribution in [1.29, 1.82) is 0 Å². The molecule has 1 heterocycles. The third-order valence-corrected chi connectivity index (χ3v) is 5.42. The van der Waals surface area contributed by atoms with Crippen molar-refractivity contribution < 1.29 is 9.59 Å². The van der Waals surface area contributed by atoms with Gasteiger partial charge in [0.25, 0.3) is 11.1 Å². The lowest BCUT2D eigenvalue weighted by Gasteiger charge is -2.14. The molecule has 2 aromatic rings. The van der Waals surface area contributed by atoms with Gasteiger partial charge in [-0.3, -0.25) is 14.5 Å². The lowest BCUT2D eigenvalue weighted by molar-refractivity contribution is -0.122. The Morgan fingerprint density at radius 2 is 1.76 bits per heavy atom. The molecule has 1 aliphatic rings. The summed E-state index contributed by atoms with van der Waals surface area (Å²) in [5, 5.41) is 3.97. The van der Waals surface area contributed by atoms with Gasteiger partial charge in [0, 0.05) is 10.7 Å². The van der Waals surface area contributed by atoms with Crippen LogP contribution in [0.2, 0.25) is 15.1 Å². The summed E-state index contributed by atoms with van der Waals surface area (Å²) in [6.45, 7) is 0.0302. The number of amides is 2. The first-order valence-electron chi connectivity index (χ1n) is 7.14. The van der Waals surface area contributed by atoms with Gasteiger partial charge >= 0.3 is 0 Å². The second-order valence-corrected chi connectivity index (χ2v) is 7.31. The predicted octanol–water partition coefficient (Wildman–Crippen LogP) is 5.75. The van der Waals surface area contributed by atoms with E-state index in [0.29, 0.717) is 31.2 Å². The normalized spacial score (nSPS) is 16.0. The van der Waals surface area contributed by atoms with Crippen LogP contribution in [-0.2, 0) is 4.79 Å². The number of benzene rings is 2. The minimum Gasteiger partial charge on any atom is -0.367 e. The van der Waals surface area contributed by atoms with E-state index in [1.165, 1.54) is 0 Å². The van der Waals surface area contributed by atoms with Gasteiger partial charge in [0.05, 0.1) is 21.6 Å². The zero-order chi connectivity index (χ0) is 18.0. The van der Waals surface area contributed by atoms with Gasteiger partial charge in [-0.05, 0) is 47.7 Å². The fourth-order valence-electron chi connectivity index (χ4n) is 2.15. The van der Waals surface area contributed by atoms with Gasteiger partial charge in [-0.2, -0.15) is 0 Å². The topological polar surface area (TPSA) is 49.4 Å². The van der Waals surface area contributed by atoms with E-state index in [1.807, 2.05) is 6.07 Å². The summed E-state index contributed by atoms with van der Waals surface area (Å²) in [6.07, 6.45) is 1.62. The Morgan fingerprint density at radius 1 is 1.00 bits per heavy atom. The van der Waals surface area contributed by atoms with Gasteiger partial charge in [0.15, 0.2) is 0 Å². The van der Waals surface area contributed by atoms with Gasteiger partial charge in [-0.1, -0.05) is 53.0 Å². The number of anilines is 1. The average molecular weight is 414 g/mol. The fraction of sp³-hybridized carbons (Fsp3) is 0.0588. The van der Waals surface area contributed by atoms with Crippen LogP contribution in [0.25, 0.3) is 6.08 Å². The maximum absolute atomic E-state index is 12.5. The summed E-state index contributed by atoms with van der Waals surface area (Å²) >= 11 is 18.8. The molecular weight excluding hydrogens is 403 g/mol. The zero-order valence-corrected chi connectivity index (χ0v) is 15.7. The van der Waals surface area contributed by atoms with Crippen LogP contribution in [0.4, 0.5) is 10.5 Å². The molecular formula is C17H11Cl3N2O2S. The van der Waals surface area contributed by atoms with E-state index in [1.54, 1.807) is 42.5 Å². The van der Waals surface area contributed by atoms with Crippen molar-refractivity contribution in [2.24, 2.45) is 0 Å². The highest BCUT2D eigenvalue weighted by Gasteiger charge is 2.34. The largest absolute Gasteiger partial charge is 0.367 e. The minimum atomic E-state index is -0.373. The van der Waals surface area contributed by atoms with E-state index in [0.717, 1.165) is 16.7 Å². The molecule has 128 valence electrons. The first-order valence-corrected chi connectivity index (χ1v) is 9.09. The summed E-state index contributed by atoms with van der Waals surface area (Å²) in [6, 6.07) is 12.1. The number of imide groups is 1. The maximum Gasteiger partial charge on any atom is 0.295 e. The quantitative estimate of drug-likeness (QED) is 0.648. The number of thioether (sulfide) groups is 1. The second-order valence-electron chi connectivity index (χ2n) is 5.10. The molecule has 25 heavy (non-hydrogen) atoms. The van der Waals surface area contributed by atoms with Gasteiger partial charge < -0.3 is 5.32 Å². The number of halogens is 3. The molecule has 0 radical (unpaired) electrons. The maximum atomic E-state index is 12.5. The van der Waals surface area contributed by atoms with Crippen molar-refractivity contribution in [3.05, 3.63) is 68.0 Å². The van der Waals surface area contributed by atoms with Crippen molar-refractivity contribution in [1.82, 2.24) is 4.90 Å². The lowest BCUT2D eigenvalue weighted by Crippen LogP contribution is -2.33. The van der Waals surface area contributed by atoms with Crippen LogP contribution in [0.1, 0.15) is 5.56 Å². The third kappa shape index (κ3) is 4.12. The van der Waals surface area contributed by atoms with Crippen LogP contribution < -0.4 is 5.32 Å². The summed E-state index contributed by atoms with van der Waals surface area (Å²) in [7, 11) is 0. The molecule has 2 aromatic carbocycles. The first kappa shape index (κ1) is 18.1. The molecule has 1 saturated heterocycles. The van der Waals surface area contributed by atoms with Gasteiger partial charge in [-0.15, -0.1) is 0 Å². The van der Waals surface area contributed by atoms with Crippen LogP contribution in [-0.4, -0.2) is 22.7 Å². The molecule has 0 bridgehead atoms. The van der Waals surface area contributed by atoms with Crippen molar-refractivity contribution in [2.75, 3.05) is 12.0 Å². The SMILES string of the molecule is O=C1S/C(=C/c2ccccc2Cl)C(=O)N1CNc1ccc(Cl)c(Cl)c1. The van der Waals surface area contributed by atoms with Crippen LogP contribution >= 0.6 is 46.6 Å². The molecule has 3 rings (SSSR count). The molecule has 0 atom stereocenters. The number of hydrogen-bond acceptors (Lipinski definition) is 4. The standard InChI is InChI=1S/C17H11Cl3N2O2S/c18-12-4-2-1-3-10(12)7-15-16(23)22(17(24)25-15)9-21-11-5-6-13(19)14(20)8-11/h1-8,21H,9H2/b15-7+. The number of nitrogens with zero attached hydrogens (tertiary/aromatic N) is 1. The highest BCUT2D eigenvalue weighted by atomic mass is 35.5. The van der Waals surface area contributed by atoms with Gasteiger partial charge in [0.1, 0.15) is 0 Å². The number of rotatable bonds is 4. The summed E-state index contributed by atoms with van der Waals surface area (Å²) in [4.78, 5) is 26.0. The van der Waals surface area contributed by atoms with Gasteiger partial charge in [0.2, 0.25) is 0 Å². The molecule has 4 nitrogen and oxygen atoms in total. The van der Waals surface area contributed by atoms with E-state index in [-0.39, 0.29) is 17.8 Å². The van der Waals surface area contributed by atoms with Gasteiger partial charge in [-0.25, -0.2) is 0 Å². The summed E-state index contributed by atoms with van der Waals surface area (Å²) in [5.41, 5.74) is 1.34. The molecule has 0 saturated carbocycles. The molecule has 0 aliphatic carbocycles. The summed E-state index contributed by atoms with van der Waals surface area (Å²) < 4.78 is 0. The Hall–Kier alpha value is -1.66. The molecule has 0 spiro atoms. The Balaban J connectivity index is 1.73. The van der Waals surface area contributed by atoms with E-state index in [9.17, 15) is 9.59 Å². The number of hydrogen-bond donors (Lipinski definition) is 1. The lowest BCUT2D eigenvalue weighted by atomic mass is 10.2. The smallest absolute Gasteiger partial charge is 0.295 e. The molecule has 0 unspecified atom stereocenters. The fourth-order valence-corrected chi connectivity index (χ4v) is 3.46. The monoisotopic (exact) mass is 412 g/mol. The van der Waals surface area contributed by atoms with E-state index < -0.39 is 0 Å². The van der Waals surface area contributed by atoms with Crippen LogP contribution in [0.3, 0.4) is 0 Å². The Morgan fingerprint density at radius 3 is 2.48 bits per heavy atom. The molecule has 1 N–H and O–H groups in total. The zero-order valence-electron chi connectivity index (χ0n) is 12.6. The molecule has 2 amide bonds. The minimum absolute atomic E-state index is 0.0302. The Labute approximate surface area is 163 Å². The average Bonchev–Trinajstić information content (AvgIpc) is 2.85. The highest BCUT2D eigenvalue weighted by molar-refractivity contribution is 8.18. The van der Waals surface area contributed by atoms with Crippen LogP contribution in [0.15, 0.2) is 47.4 Å². The van der Waals surface area contributed by atoms with Crippen molar-refractivity contribution in [3.8, 4) is 0 Å². The van der Waals surface area contributed by atoms with Crippen molar-refractivity contribution in [3.63, 3.8) is 0 Å². The van der Waals surface area contributed by atoms with E-state index in [2.05, 4.69) is 5.32 Å². The molecule has 8 heteroatoms. The molecule has 1 fully saturated rings. The number of carbonyl (C=O) groups is 2. The number of nitrogens with one attached hydrogen (secondary N) is 1. The van der Waals surface area contributed by atoms with Crippen molar-refractivity contribution in [2.45, 2.75) is 0 Å².